The Morgan fingerprint density at radius 2 is 1.89 bits per heavy atom. The zero-order valence-corrected chi connectivity index (χ0v) is 19.6. The van der Waals surface area contributed by atoms with Gasteiger partial charge in [-0.05, 0) is 49.4 Å². The van der Waals surface area contributed by atoms with Gasteiger partial charge in [-0.2, -0.15) is 5.26 Å². The van der Waals surface area contributed by atoms with Gasteiger partial charge in [0.15, 0.2) is 0 Å². The summed E-state index contributed by atoms with van der Waals surface area (Å²) in [6.45, 7) is 1.57. The number of rotatable bonds is 7. The summed E-state index contributed by atoms with van der Waals surface area (Å²) in [6, 6.07) is 5.37. The van der Waals surface area contributed by atoms with Crippen molar-refractivity contribution < 1.29 is 30.8 Å². The zero-order chi connectivity index (χ0) is 25.5. The molecule has 0 aromatic heterocycles. The number of nitriles is 1. The molecule has 1 amide bonds. The number of benzene rings is 2. The molecule has 11 heteroatoms. The van der Waals surface area contributed by atoms with Crippen molar-refractivity contribution in [1.29, 1.82) is 5.26 Å². The van der Waals surface area contributed by atoms with E-state index in [1.165, 1.54) is 30.0 Å². The van der Waals surface area contributed by atoms with Crippen LogP contribution in [0, 0.1) is 40.1 Å². The highest BCUT2D eigenvalue weighted by Crippen LogP contribution is 2.55. The van der Waals surface area contributed by atoms with Crippen LogP contribution >= 0.6 is 0 Å². The molecule has 1 saturated heterocycles. The first-order valence-electron chi connectivity index (χ1n) is 11.0. The van der Waals surface area contributed by atoms with E-state index in [0.717, 1.165) is 12.1 Å². The van der Waals surface area contributed by atoms with Crippen LogP contribution in [0.25, 0.3) is 11.1 Å². The van der Waals surface area contributed by atoms with Crippen molar-refractivity contribution in [3.63, 3.8) is 0 Å². The number of hydrogen-bond acceptors (Lipinski definition) is 4. The Bertz CT molecular complexity index is 1290. The lowest BCUT2D eigenvalue weighted by Gasteiger charge is -2.30. The van der Waals surface area contributed by atoms with Crippen molar-refractivity contribution in [3.8, 4) is 17.2 Å². The fraction of sp³-hybridized carbons (Fsp3) is 0.417. The maximum absolute atomic E-state index is 15.6. The molecule has 0 radical (unpaired) electrons. The Kier molecular flexibility index (Phi) is 6.64. The van der Waals surface area contributed by atoms with Crippen LogP contribution in [0.2, 0.25) is 0 Å². The van der Waals surface area contributed by atoms with E-state index in [9.17, 15) is 31.6 Å². The third-order valence-electron chi connectivity index (χ3n) is 6.80. The van der Waals surface area contributed by atoms with Gasteiger partial charge < -0.3 is 4.90 Å². The van der Waals surface area contributed by atoms with Gasteiger partial charge in [-0.25, -0.2) is 30.7 Å². The fourth-order valence-electron chi connectivity index (χ4n) is 4.87. The summed E-state index contributed by atoms with van der Waals surface area (Å²) in [5.74, 6) is -4.08. The molecule has 186 valence electrons. The monoisotopic (exact) mass is 509 g/mol. The maximum Gasteiger partial charge on any atom is 0.241 e. The maximum atomic E-state index is 15.6. The SMILES string of the molecule is CC(C#N)C(=O)N1CC2(CC2)[C@H](NS(=O)(=O)CF)[C@@H]1Cc1cccc(-c2cc(F)cc(F)c2)c1F. The number of halogens is 4. The predicted molar refractivity (Wildman–Crippen MR) is 119 cm³/mol. The molecule has 6 nitrogen and oxygen atoms in total. The number of alkyl halides is 1. The van der Waals surface area contributed by atoms with Crippen LogP contribution in [0.1, 0.15) is 25.3 Å². The summed E-state index contributed by atoms with van der Waals surface area (Å²) in [4.78, 5) is 14.4. The number of carbonyl (C=O) groups excluding carboxylic acids is 1. The normalized spacial score (nSPS) is 21.7. The highest BCUT2D eigenvalue weighted by atomic mass is 32.2. The van der Waals surface area contributed by atoms with Crippen LogP contribution in [0.5, 0.6) is 0 Å². The van der Waals surface area contributed by atoms with Gasteiger partial charge in [-0.15, -0.1) is 0 Å². The highest BCUT2D eigenvalue weighted by molar-refractivity contribution is 7.89. The molecular formula is C24H23F4N3O3S. The van der Waals surface area contributed by atoms with Gasteiger partial charge in [-0.3, -0.25) is 4.79 Å². The van der Waals surface area contributed by atoms with Gasteiger partial charge in [0.1, 0.15) is 23.4 Å². The number of carbonyl (C=O) groups is 1. The molecule has 1 aliphatic heterocycles. The summed E-state index contributed by atoms with van der Waals surface area (Å²) >= 11 is 0. The topological polar surface area (TPSA) is 90.3 Å². The van der Waals surface area contributed by atoms with Gasteiger partial charge in [0.25, 0.3) is 0 Å². The summed E-state index contributed by atoms with van der Waals surface area (Å²) in [6.07, 6.45) is 1.01. The minimum absolute atomic E-state index is 0.0207. The summed E-state index contributed by atoms with van der Waals surface area (Å²) in [5, 5.41) is 9.25. The van der Waals surface area contributed by atoms with E-state index in [4.69, 9.17) is 0 Å². The smallest absolute Gasteiger partial charge is 0.241 e. The van der Waals surface area contributed by atoms with Gasteiger partial charge >= 0.3 is 0 Å². The molecule has 1 N–H and O–H groups in total. The zero-order valence-electron chi connectivity index (χ0n) is 18.8. The van der Waals surface area contributed by atoms with E-state index in [1.807, 2.05) is 6.07 Å². The van der Waals surface area contributed by atoms with Gasteiger partial charge in [0.05, 0.1) is 12.1 Å². The largest absolute Gasteiger partial charge is 0.336 e. The lowest BCUT2D eigenvalue weighted by molar-refractivity contribution is -0.134. The molecule has 2 aromatic carbocycles. The molecule has 2 aliphatic rings. The fourth-order valence-corrected chi connectivity index (χ4v) is 5.73. The second-order valence-electron chi connectivity index (χ2n) is 9.21. The van der Waals surface area contributed by atoms with Gasteiger partial charge in [-0.1, -0.05) is 18.2 Å². The van der Waals surface area contributed by atoms with E-state index in [0.29, 0.717) is 18.9 Å². The minimum Gasteiger partial charge on any atom is -0.336 e. The van der Waals surface area contributed by atoms with Crippen molar-refractivity contribution in [2.45, 2.75) is 38.3 Å². The molecule has 0 bridgehead atoms. The van der Waals surface area contributed by atoms with E-state index < -0.39 is 62.8 Å². The predicted octanol–water partition coefficient (Wildman–Crippen LogP) is 3.68. The first kappa shape index (κ1) is 25.1. The molecule has 1 heterocycles. The Labute approximate surface area is 200 Å². The van der Waals surface area contributed by atoms with Crippen molar-refractivity contribution in [3.05, 3.63) is 59.4 Å². The standard InChI is InChI=1S/C24H23F4N3O3S/c1-14(11-29)23(32)31-12-24(5-6-24)22(30-35(33,34)13-25)20(31)9-15-3-2-4-19(21(15)28)16-7-17(26)10-18(27)8-16/h2-4,7-8,10,14,20,22,30H,5-6,9,12-13H2,1H3/t14?,20-,22+/m0/s1. The Balaban J connectivity index is 1.75. The molecular weight excluding hydrogens is 486 g/mol. The van der Waals surface area contributed by atoms with Crippen LogP contribution in [-0.2, 0) is 21.2 Å². The van der Waals surface area contributed by atoms with Crippen LogP contribution in [0.15, 0.2) is 36.4 Å². The number of nitrogens with zero attached hydrogens (tertiary/aromatic N) is 2. The van der Waals surface area contributed by atoms with Crippen molar-refractivity contribution >= 4 is 15.9 Å². The Hall–Kier alpha value is -2.97. The van der Waals surface area contributed by atoms with Gasteiger partial charge in [0, 0.05) is 29.6 Å². The molecule has 1 aliphatic carbocycles. The lowest BCUT2D eigenvalue weighted by atomic mass is 9.91. The lowest BCUT2D eigenvalue weighted by Crippen LogP contribution is -2.50. The van der Waals surface area contributed by atoms with Crippen LogP contribution < -0.4 is 4.72 Å². The number of hydrogen-bond donors (Lipinski definition) is 1. The van der Waals surface area contributed by atoms with Gasteiger partial charge in [0.2, 0.25) is 21.9 Å². The summed E-state index contributed by atoms with van der Waals surface area (Å²) in [5.41, 5.74) is -0.629. The first-order chi connectivity index (χ1) is 16.5. The number of nitrogens with one attached hydrogen (secondary N) is 1. The van der Waals surface area contributed by atoms with Crippen LogP contribution in [0.4, 0.5) is 17.6 Å². The van der Waals surface area contributed by atoms with E-state index >= 15 is 4.39 Å². The first-order valence-corrected chi connectivity index (χ1v) is 12.7. The Morgan fingerprint density at radius 1 is 1.23 bits per heavy atom. The van der Waals surface area contributed by atoms with Crippen molar-refractivity contribution in [2.75, 3.05) is 12.6 Å². The van der Waals surface area contributed by atoms with Crippen molar-refractivity contribution in [2.24, 2.45) is 11.3 Å². The molecule has 1 saturated carbocycles. The average molecular weight is 510 g/mol. The van der Waals surface area contributed by atoms with E-state index in [2.05, 4.69) is 4.72 Å². The molecule has 2 aromatic rings. The highest BCUT2D eigenvalue weighted by Gasteiger charge is 2.61. The summed E-state index contributed by atoms with van der Waals surface area (Å²) in [7, 11) is -4.30. The number of likely N-dealkylation sites (tertiary alicyclic amines) is 1. The van der Waals surface area contributed by atoms with Crippen LogP contribution in [0.3, 0.4) is 0 Å². The third kappa shape index (κ3) is 4.90. The second-order valence-corrected chi connectivity index (χ2v) is 10.9. The third-order valence-corrected chi connectivity index (χ3v) is 7.70. The quantitative estimate of drug-likeness (QED) is 0.577. The Morgan fingerprint density at radius 3 is 2.46 bits per heavy atom. The molecule has 4 rings (SSSR count). The minimum atomic E-state index is -4.30. The summed E-state index contributed by atoms with van der Waals surface area (Å²) < 4.78 is 82.8. The number of amides is 1. The van der Waals surface area contributed by atoms with Crippen LogP contribution in [-0.4, -0.2) is 43.9 Å². The molecule has 2 fully saturated rings. The van der Waals surface area contributed by atoms with E-state index in [1.54, 1.807) is 0 Å². The second kappa shape index (κ2) is 9.24. The number of sulfonamides is 1. The van der Waals surface area contributed by atoms with E-state index in [-0.39, 0.29) is 29.7 Å². The molecule has 1 spiro atoms. The molecule has 35 heavy (non-hydrogen) atoms. The van der Waals surface area contributed by atoms with Crippen molar-refractivity contribution in [1.82, 2.24) is 9.62 Å². The molecule has 1 unspecified atom stereocenters. The average Bonchev–Trinajstić information content (AvgIpc) is 3.54. The molecule has 3 atom stereocenters.